The molecule has 0 bridgehead atoms. The molecule has 92 valence electrons. The van der Waals surface area contributed by atoms with Crippen LogP contribution in [0, 0.1) is 0 Å². The fourth-order valence-corrected chi connectivity index (χ4v) is 2.17. The number of hydrogen-bond donors (Lipinski definition) is 2. The van der Waals surface area contributed by atoms with E-state index in [0.29, 0.717) is 16.8 Å². The van der Waals surface area contributed by atoms with Crippen LogP contribution in [0.5, 0.6) is 0 Å². The summed E-state index contributed by atoms with van der Waals surface area (Å²) in [7, 11) is 0. The van der Waals surface area contributed by atoms with Crippen LogP contribution in [0.1, 0.15) is 15.9 Å². The lowest BCUT2D eigenvalue weighted by atomic mass is 10.1. The van der Waals surface area contributed by atoms with Crippen molar-refractivity contribution in [2.45, 2.75) is 6.42 Å². The van der Waals surface area contributed by atoms with Gasteiger partial charge in [-0.05, 0) is 29.1 Å². The van der Waals surface area contributed by atoms with Crippen LogP contribution in [0.4, 0.5) is 5.69 Å². The Morgan fingerprint density at radius 3 is 2.78 bits per heavy atom. The summed E-state index contributed by atoms with van der Waals surface area (Å²) in [5.41, 5.74) is 1.86. The molecule has 5 heteroatoms. The van der Waals surface area contributed by atoms with Crippen molar-refractivity contribution in [2.75, 3.05) is 5.32 Å². The van der Waals surface area contributed by atoms with E-state index in [-0.39, 0.29) is 12.3 Å². The van der Waals surface area contributed by atoms with Gasteiger partial charge in [0.2, 0.25) is 0 Å². The van der Waals surface area contributed by atoms with Crippen LogP contribution in [0.15, 0.2) is 41.1 Å². The lowest BCUT2D eigenvalue weighted by molar-refractivity contribution is -0.136. The first-order valence-corrected chi connectivity index (χ1v) is 6.24. The number of anilines is 1. The van der Waals surface area contributed by atoms with E-state index in [1.54, 1.807) is 35.7 Å². The number of rotatable bonds is 4. The van der Waals surface area contributed by atoms with E-state index in [4.69, 9.17) is 5.11 Å². The van der Waals surface area contributed by atoms with E-state index in [0.717, 1.165) is 0 Å². The van der Waals surface area contributed by atoms with Crippen molar-refractivity contribution in [1.82, 2.24) is 0 Å². The first kappa shape index (κ1) is 12.3. The van der Waals surface area contributed by atoms with Crippen molar-refractivity contribution in [1.29, 1.82) is 0 Å². The number of amides is 1. The third-order valence-corrected chi connectivity index (χ3v) is 3.01. The van der Waals surface area contributed by atoms with Crippen LogP contribution in [-0.2, 0) is 11.2 Å². The van der Waals surface area contributed by atoms with Crippen molar-refractivity contribution in [2.24, 2.45) is 0 Å². The predicted molar refractivity (Wildman–Crippen MR) is 70.1 cm³/mol. The van der Waals surface area contributed by atoms with Crippen LogP contribution >= 0.6 is 11.3 Å². The van der Waals surface area contributed by atoms with Crippen LogP contribution in [0.25, 0.3) is 0 Å². The summed E-state index contributed by atoms with van der Waals surface area (Å²) >= 11 is 1.45. The number of nitrogens with one attached hydrogen (secondary N) is 1. The first-order chi connectivity index (χ1) is 8.65. The van der Waals surface area contributed by atoms with Gasteiger partial charge in [0.05, 0.1) is 12.0 Å². The molecule has 2 N–H and O–H groups in total. The third-order valence-electron chi connectivity index (χ3n) is 2.32. The Hall–Kier alpha value is -2.14. The lowest BCUT2D eigenvalue weighted by Gasteiger charge is -2.05. The number of carbonyl (C=O) groups is 2. The number of aliphatic carboxylic acids is 1. The van der Waals surface area contributed by atoms with Crippen LogP contribution in [0.2, 0.25) is 0 Å². The third kappa shape index (κ3) is 3.18. The highest BCUT2D eigenvalue weighted by Crippen LogP contribution is 2.14. The van der Waals surface area contributed by atoms with Gasteiger partial charge in [0.15, 0.2) is 0 Å². The van der Waals surface area contributed by atoms with Gasteiger partial charge >= 0.3 is 5.97 Å². The summed E-state index contributed by atoms with van der Waals surface area (Å²) in [4.78, 5) is 22.4. The molecule has 1 amide bonds. The predicted octanol–water partition coefficient (Wildman–Crippen LogP) is 2.63. The van der Waals surface area contributed by atoms with Gasteiger partial charge in [0.1, 0.15) is 0 Å². The summed E-state index contributed by atoms with van der Waals surface area (Å²) in [6.45, 7) is 0. The number of carbonyl (C=O) groups excluding carboxylic acids is 1. The molecule has 0 saturated carbocycles. The SMILES string of the molecule is O=C(O)Cc1cccc(NC(=O)c2ccsc2)c1. The van der Waals surface area contributed by atoms with E-state index in [2.05, 4.69) is 5.32 Å². The summed E-state index contributed by atoms with van der Waals surface area (Å²) in [6, 6.07) is 8.57. The quantitative estimate of drug-likeness (QED) is 0.889. The molecule has 0 aliphatic carbocycles. The molecule has 1 aromatic heterocycles. The topological polar surface area (TPSA) is 66.4 Å². The normalized spacial score (nSPS) is 10.0. The van der Waals surface area contributed by atoms with Crippen molar-refractivity contribution >= 4 is 28.9 Å². The van der Waals surface area contributed by atoms with E-state index < -0.39 is 5.97 Å². The fraction of sp³-hybridized carbons (Fsp3) is 0.0769. The highest BCUT2D eigenvalue weighted by atomic mass is 32.1. The zero-order valence-corrected chi connectivity index (χ0v) is 10.2. The second-order valence-corrected chi connectivity index (χ2v) is 4.52. The van der Waals surface area contributed by atoms with Gasteiger partial charge in [-0.25, -0.2) is 0 Å². The molecule has 0 atom stereocenters. The van der Waals surface area contributed by atoms with Crippen molar-refractivity contribution in [3.8, 4) is 0 Å². The Kier molecular flexibility index (Phi) is 3.74. The number of carboxylic acids is 1. The molecule has 2 rings (SSSR count). The zero-order valence-electron chi connectivity index (χ0n) is 9.42. The minimum absolute atomic E-state index is 0.0534. The molecule has 0 aliphatic heterocycles. The van der Waals surface area contributed by atoms with Gasteiger partial charge in [0.25, 0.3) is 5.91 Å². The number of benzene rings is 1. The smallest absolute Gasteiger partial charge is 0.307 e. The average molecular weight is 261 g/mol. The molecular weight excluding hydrogens is 250 g/mol. The largest absolute Gasteiger partial charge is 0.481 e. The Balaban J connectivity index is 2.10. The molecule has 18 heavy (non-hydrogen) atoms. The van der Waals surface area contributed by atoms with Crippen LogP contribution in [-0.4, -0.2) is 17.0 Å². The lowest BCUT2D eigenvalue weighted by Crippen LogP contribution is -2.11. The maximum atomic E-state index is 11.8. The standard InChI is InChI=1S/C13H11NO3S/c15-12(16)7-9-2-1-3-11(6-9)14-13(17)10-4-5-18-8-10/h1-6,8H,7H2,(H,14,17)(H,15,16). The Labute approximate surface area is 108 Å². The first-order valence-electron chi connectivity index (χ1n) is 5.29. The number of carboxylic acid groups (broad SMARTS) is 1. The van der Waals surface area contributed by atoms with Gasteiger partial charge in [0, 0.05) is 11.1 Å². The fourth-order valence-electron chi connectivity index (χ4n) is 1.53. The summed E-state index contributed by atoms with van der Waals surface area (Å²) in [6.07, 6.45) is -0.0534. The van der Waals surface area contributed by atoms with Gasteiger partial charge in [-0.2, -0.15) is 11.3 Å². The van der Waals surface area contributed by atoms with Crippen LogP contribution in [0.3, 0.4) is 0 Å². The van der Waals surface area contributed by atoms with Gasteiger partial charge in [-0.1, -0.05) is 12.1 Å². The molecule has 0 unspecified atom stereocenters. The van der Waals surface area contributed by atoms with Crippen molar-refractivity contribution in [3.63, 3.8) is 0 Å². The summed E-state index contributed by atoms with van der Waals surface area (Å²) < 4.78 is 0. The van der Waals surface area contributed by atoms with Gasteiger partial charge < -0.3 is 10.4 Å². The van der Waals surface area contributed by atoms with Crippen molar-refractivity contribution in [3.05, 3.63) is 52.2 Å². The Bertz CT molecular complexity index is 563. The summed E-state index contributed by atoms with van der Waals surface area (Å²) in [5, 5.41) is 15.0. The molecule has 1 aromatic carbocycles. The van der Waals surface area contributed by atoms with Gasteiger partial charge in [-0.15, -0.1) is 0 Å². The zero-order chi connectivity index (χ0) is 13.0. The number of hydrogen-bond acceptors (Lipinski definition) is 3. The Morgan fingerprint density at radius 1 is 1.28 bits per heavy atom. The minimum atomic E-state index is -0.892. The van der Waals surface area contributed by atoms with Crippen molar-refractivity contribution < 1.29 is 14.7 Å². The average Bonchev–Trinajstić information content (AvgIpc) is 2.81. The maximum absolute atomic E-state index is 11.8. The van der Waals surface area contributed by atoms with Gasteiger partial charge in [-0.3, -0.25) is 9.59 Å². The molecule has 0 saturated heterocycles. The molecule has 0 aliphatic rings. The molecule has 0 spiro atoms. The second-order valence-electron chi connectivity index (χ2n) is 3.74. The van der Waals surface area contributed by atoms with E-state index in [1.807, 2.05) is 5.38 Å². The van der Waals surface area contributed by atoms with E-state index in [1.165, 1.54) is 11.3 Å². The summed E-state index contributed by atoms with van der Waals surface area (Å²) in [5.74, 6) is -1.08. The second kappa shape index (κ2) is 5.46. The minimum Gasteiger partial charge on any atom is -0.481 e. The molecule has 1 heterocycles. The van der Waals surface area contributed by atoms with E-state index in [9.17, 15) is 9.59 Å². The monoisotopic (exact) mass is 261 g/mol. The highest BCUT2D eigenvalue weighted by Gasteiger charge is 2.07. The number of thiophene rings is 1. The Morgan fingerprint density at radius 2 is 2.11 bits per heavy atom. The van der Waals surface area contributed by atoms with Crippen LogP contribution < -0.4 is 5.32 Å². The molecule has 4 nitrogen and oxygen atoms in total. The molecular formula is C13H11NO3S. The molecule has 0 radical (unpaired) electrons. The highest BCUT2D eigenvalue weighted by molar-refractivity contribution is 7.08. The molecule has 0 fully saturated rings. The maximum Gasteiger partial charge on any atom is 0.307 e. The molecule has 2 aromatic rings. The van der Waals surface area contributed by atoms with E-state index >= 15 is 0 Å².